The summed E-state index contributed by atoms with van der Waals surface area (Å²) in [5.41, 5.74) is 4.76. The van der Waals surface area contributed by atoms with Crippen LogP contribution in [0.5, 0.6) is 0 Å². The highest BCUT2D eigenvalue weighted by molar-refractivity contribution is 7.99. The second-order valence-corrected chi connectivity index (χ2v) is 4.80. The van der Waals surface area contributed by atoms with E-state index in [0.29, 0.717) is 11.6 Å². The number of nitriles is 1. The highest BCUT2D eigenvalue weighted by Crippen LogP contribution is 2.15. The fourth-order valence-corrected chi connectivity index (χ4v) is 1.88. The summed E-state index contributed by atoms with van der Waals surface area (Å²) in [4.78, 5) is 17.6. The van der Waals surface area contributed by atoms with Crippen molar-refractivity contribution < 1.29 is 0 Å². The van der Waals surface area contributed by atoms with Crippen molar-refractivity contribution in [1.29, 1.82) is 5.26 Å². The number of aromatic nitrogens is 2. The van der Waals surface area contributed by atoms with Gasteiger partial charge >= 0.3 is 0 Å². The number of thioether (sulfide) groups is 1. The van der Waals surface area contributed by atoms with Gasteiger partial charge in [-0.05, 0) is 19.8 Å². The molecule has 1 aromatic heterocycles. The lowest BCUT2D eigenvalue weighted by molar-refractivity contribution is 0.540. The van der Waals surface area contributed by atoms with Crippen molar-refractivity contribution in [3.8, 4) is 6.07 Å². The molecule has 1 atom stereocenters. The first-order valence-corrected chi connectivity index (χ1v) is 5.90. The van der Waals surface area contributed by atoms with Gasteiger partial charge in [-0.1, -0.05) is 11.8 Å². The van der Waals surface area contributed by atoms with Crippen LogP contribution in [0.4, 0.5) is 0 Å². The molecular formula is C10H14N4OS. The Balaban J connectivity index is 2.32. The number of aromatic amines is 1. The molecule has 1 unspecified atom stereocenters. The lowest BCUT2D eigenvalue weighted by atomic mass is 10.0. The van der Waals surface area contributed by atoms with Crippen LogP contribution in [-0.2, 0) is 0 Å². The highest BCUT2D eigenvalue weighted by atomic mass is 32.2. The highest BCUT2D eigenvalue weighted by Gasteiger charge is 2.15. The molecule has 0 aliphatic carbocycles. The first kappa shape index (κ1) is 12.7. The first-order valence-electron chi connectivity index (χ1n) is 4.92. The Kier molecular flexibility index (Phi) is 4.52. The van der Waals surface area contributed by atoms with E-state index >= 15 is 0 Å². The van der Waals surface area contributed by atoms with Crippen LogP contribution >= 0.6 is 11.8 Å². The molecule has 0 aliphatic heterocycles. The standard InChI is InChI=1S/C10H14N4OS/c1-10(12,7-11)4-2-6-16-9-13-5-3-8(15)14-9/h3,5H,2,4,6,12H2,1H3,(H,13,14,15). The van der Waals surface area contributed by atoms with E-state index in [0.717, 1.165) is 12.2 Å². The summed E-state index contributed by atoms with van der Waals surface area (Å²) in [6, 6.07) is 3.42. The third-order valence-electron chi connectivity index (χ3n) is 1.98. The Labute approximate surface area is 98.1 Å². The number of rotatable bonds is 5. The van der Waals surface area contributed by atoms with Crippen LogP contribution in [0.15, 0.2) is 22.2 Å². The van der Waals surface area contributed by atoms with Gasteiger partial charge in [-0.15, -0.1) is 0 Å². The molecule has 0 aliphatic rings. The van der Waals surface area contributed by atoms with E-state index in [9.17, 15) is 4.79 Å². The molecule has 5 nitrogen and oxygen atoms in total. The van der Waals surface area contributed by atoms with E-state index in [2.05, 4.69) is 9.97 Å². The number of hydrogen-bond acceptors (Lipinski definition) is 5. The number of hydrogen-bond donors (Lipinski definition) is 2. The van der Waals surface area contributed by atoms with Crippen molar-refractivity contribution in [3.63, 3.8) is 0 Å². The SMILES string of the molecule is CC(N)(C#N)CCCSc1nccc(=O)[nH]1. The normalized spacial score (nSPS) is 14.1. The molecule has 0 amide bonds. The number of H-pyrrole nitrogens is 1. The maximum Gasteiger partial charge on any atom is 0.251 e. The Morgan fingerprint density at radius 1 is 1.75 bits per heavy atom. The van der Waals surface area contributed by atoms with Gasteiger partial charge < -0.3 is 10.7 Å². The molecule has 1 rings (SSSR count). The topological polar surface area (TPSA) is 95.6 Å². The van der Waals surface area contributed by atoms with Crippen molar-refractivity contribution in [2.45, 2.75) is 30.5 Å². The number of nitrogens with one attached hydrogen (secondary N) is 1. The van der Waals surface area contributed by atoms with Crippen LogP contribution in [-0.4, -0.2) is 21.3 Å². The molecule has 3 N–H and O–H groups in total. The van der Waals surface area contributed by atoms with Crippen LogP contribution in [0.1, 0.15) is 19.8 Å². The molecule has 1 aromatic rings. The van der Waals surface area contributed by atoms with E-state index in [1.807, 2.05) is 6.07 Å². The van der Waals surface area contributed by atoms with E-state index in [1.54, 1.807) is 6.92 Å². The summed E-state index contributed by atoms with van der Waals surface area (Å²) in [5, 5.41) is 9.31. The van der Waals surface area contributed by atoms with Crippen molar-refractivity contribution in [1.82, 2.24) is 9.97 Å². The quantitative estimate of drug-likeness (QED) is 0.451. The van der Waals surface area contributed by atoms with Crippen molar-refractivity contribution in [2.24, 2.45) is 5.73 Å². The summed E-state index contributed by atoms with van der Waals surface area (Å²) in [6.07, 6.45) is 2.92. The number of nitrogens with two attached hydrogens (primary N) is 1. The fourth-order valence-electron chi connectivity index (χ4n) is 1.09. The zero-order valence-electron chi connectivity index (χ0n) is 9.06. The Hall–Kier alpha value is -1.32. The van der Waals surface area contributed by atoms with Gasteiger partial charge in [0.15, 0.2) is 5.16 Å². The molecule has 0 aromatic carbocycles. The summed E-state index contributed by atoms with van der Waals surface area (Å²) >= 11 is 1.45. The molecule has 1 heterocycles. The van der Waals surface area contributed by atoms with E-state index < -0.39 is 5.54 Å². The van der Waals surface area contributed by atoms with E-state index in [-0.39, 0.29) is 5.56 Å². The van der Waals surface area contributed by atoms with E-state index in [4.69, 9.17) is 11.0 Å². The molecule has 0 radical (unpaired) electrons. The molecular weight excluding hydrogens is 224 g/mol. The fraction of sp³-hybridized carbons (Fsp3) is 0.500. The summed E-state index contributed by atoms with van der Waals surface area (Å²) in [6.45, 7) is 1.71. The minimum absolute atomic E-state index is 0.154. The Morgan fingerprint density at radius 3 is 3.12 bits per heavy atom. The van der Waals surface area contributed by atoms with Gasteiger partial charge in [0, 0.05) is 18.0 Å². The van der Waals surface area contributed by atoms with Crippen molar-refractivity contribution >= 4 is 11.8 Å². The summed E-state index contributed by atoms with van der Waals surface area (Å²) < 4.78 is 0. The van der Waals surface area contributed by atoms with Gasteiger partial charge in [-0.25, -0.2) is 4.98 Å². The molecule has 0 bridgehead atoms. The smallest absolute Gasteiger partial charge is 0.251 e. The monoisotopic (exact) mass is 238 g/mol. The van der Waals surface area contributed by atoms with Crippen LogP contribution in [0.2, 0.25) is 0 Å². The van der Waals surface area contributed by atoms with E-state index in [1.165, 1.54) is 24.0 Å². The third kappa shape index (κ3) is 4.47. The molecule has 0 saturated carbocycles. The zero-order chi connectivity index (χ0) is 12.0. The van der Waals surface area contributed by atoms with Gasteiger partial charge in [-0.3, -0.25) is 4.79 Å². The molecule has 16 heavy (non-hydrogen) atoms. The van der Waals surface area contributed by atoms with Crippen LogP contribution in [0.25, 0.3) is 0 Å². The van der Waals surface area contributed by atoms with Gasteiger partial charge in [0.1, 0.15) is 5.54 Å². The molecule has 0 spiro atoms. The Morgan fingerprint density at radius 2 is 2.50 bits per heavy atom. The average molecular weight is 238 g/mol. The first-order chi connectivity index (χ1) is 7.53. The minimum Gasteiger partial charge on any atom is -0.314 e. The predicted octanol–water partition coefficient (Wildman–Crippen LogP) is 0.883. The molecule has 0 fully saturated rings. The summed E-state index contributed by atoms with van der Waals surface area (Å²) in [7, 11) is 0. The molecule has 86 valence electrons. The maximum absolute atomic E-state index is 11.0. The van der Waals surface area contributed by atoms with Crippen LogP contribution in [0.3, 0.4) is 0 Å². The van der Waals surface area contributed by atoms with Crippen molar-refractivity contribution in [2.75, 3.05) is 5.75 Å². The van der Waals surface area contributed by atoms with Gasteiger partial charge in [0.05, 0.1) is 6.07 Å². The maximum atomic E-state index is 11.0. The lowest BCUT2D eigenvalue weighted by Gasteiger charge is -2.13. The second kappa shape index (κ2) is 5.68. The molecule has 0 saturated heterocycles. The van der Waals surface area contributed by atoms with Gasteiger partial charge in [0.25, 0.3) is 5.56 Å². The zero-order valence-corrected chi connectivity index (χ0v) is 9.88. The van der Waals surface area contributed by atoms with Gasteiger partial charge in [0.2, 0.25) is 0 Å². The minimum atomic E-state index is -0.766. The average Bonchev–Trinajstić information content (AvgIpc) is 2.25. The third-order valence-corrected chi connectivity index (χ3v) is 2.96. The van der Waals surface area contributed by atoms with Crippen LogP contribution < -0.4 is 11.3 Å². The predicted molar refractivity (Wildman–Crippen MR) is 63.0 cm³/mol. The Bertz CT molecular complexity index is 435. The van der Waals surface area contributed by atoms with Crippen LogP contribution in [0, 0.1) is 11.3 Å². The second-order valence-electron chi connectivity index (χ2n) is 3.72. The van der Waals surface area contributed by atoms with Gasteiger partial charge in [-0.2, -0.15) is 5.26 Å². The lowest BCUT2D eigenvalue weighted by Crippen LogP contribution is -2.33. The summed E-state index contributed by atoms with van der Waals surface area (Å²) in [5.74, 6) is 0.779. The number of nitrogens with zero attached hydrogens (tertiary/aromatic N) is 2. The molecule has 6 heteroatoms. The van der Waals surface area contributed by atoms with Crippen molar-refractivity contribution in [3.05, 3.63) is 22.6 Å². The largest absolute Gasteiger partial charge is 0.314 e.